The lowest BCUT2D eigenvalue weighted by molar-refractivity contribution is 0.181. The zero-order valence-electron chi connectivity index (χ0n) is 8.62. The molecule has 3 unspecified atom stereocenters. The Morgan fingerprint density at radius 3 is 2.92 bits per heavy atom. The second-order valence-electron chi connectivity index (χ2n) is 4.02. The minimum atomic E-state index is -0.140. The molecule has 1 aliphatic heterocycles. The van der Waals surface area contributed by atoms with Crippen LogP contribution in [0.1, 0.15) is 33.1 Å². The topological polar surface area (TPSA) is 32.3 Å². The van der Waals surface area contributed by atoms with Gasteiger partial charge < -0.3 is 10.4 Å². The molecule has 13 heavy (non-hydrogen) atoms. The highest BCUT2D eigenvalue weighted by Crippen LogP contribution is 2.25. The van der Waals surface area contributed by atoms with Gasteiger partial charge in [0.25, 0.3) is 0 Å². The van der Waals surface area contributed by atoms with Crippen molar-refractivity contribution in [3.8, 4) is 0 Å². The first kappa shape index (κ1) is 11.3. The molecule has 0 aromatic rings. The van der Waals surface area contributed by atoms with Gasteiger partial charge in [-0.1, -0.05) is 6.92 Å². The molecule has 0 bridgehead atoms. The third-order valence-electron chi connectivity index (χ3n) is 2.43. The number of hydrogen-bond acceptors (Lipinski definition) is 3. The maximum atomic E-state index is 9.05. The number of aliphatic hydroxyl groups is 1. The van der Waals surface area contributed by atoms with Crippen LogP contribution < -0.4 is 5.32 Å². The van der Waals surface area contributed by atoms with E-state index in [1.807, 2.05) is 6.92 Å². The van der Waals surface area contributed by atoms with Gasteiger partial charge in [-0.25, -0.2) is 0 Å². The molecule has 1 aliphatic rings. The summed E-state index contributed by atoms with van der Waals surface area (Å²) < 4.78 is 0. The summed E-state index contributed by atoms with van der Waals surface area (Å²) in [5.74, 6) is 1.26. The molecule has 1 saturated heterocycles. The summed E-state index contributed by atoms with van der Waals surface area (Å²) in [6, 6.07) is 0.717. The van der Waals surface area contributed by atoms with Gasteiger partial charge in [0.15, 0.2) is 0 Å². The molecule has 0 aromatic carbocycles. The third-order valence-corrected chi connectivity index (χ3v) is 3.79. The fourth-order valence-corrected chi connectivity index (χ4v) is 2.85. The monoisotopic (exact) mass is 203 g/mol. The quantitative estimate of drug-likeness (QED) is 0.666. The van der Waals surface area contributed by atoms with Crippen LogP contribution in [0, 0.1) is 0 Å². The molecule has 2 N–H and O–H groups in total. The molecule has 1 fully saturated rings. The van der Waals surface area contributed by atoms with E-state index in [4.69, 9.17) is 5.11 Å². The smallest absolute Gasteiger partial charge is 0.0512 e. The fourth-order valence-electron chi connectivity index (χ4n) is 1.66. The molecular weight excluding hydrogens is 182 g/mol. The van der Waals surface area contributed by atoms with Crippen molar-refractivity contribution >= 4 is 11.8 Å². The predicted octanol–water partition coefficient (Wildman–Crippen LogP) is 1.63. The van der Waals surface area contributed by atoms with Gasteiger partial charge >= 0.3 is 0 Å². The third kappa shape index (κ3) is 4.89. The van der Waals surface area contributed by atoms with Crippen LogP contribution in [0.5, 0.6) is 0 Å². The molecule has 1 rings (SSSR count). The lowest BCUT2D eigenvalue weighted by Crippen LogP contribution is -2.30. The van der Waals surface area contributed by atoms with Crippen molar-refractivity contribution in [3.05, 3.63) is 0 Å². The van der Waals surface area contributed by atoms with E-state index in [-0.39, 0.29) is 6.10 Å². The largest absolute Gasteiger partial charge is 0.393 e. The molecule has 0 spiro atoms. The lowest BCUT2D eigenvalue weighted by atomic mass is 10.2. The summed E-state index contributed by atoms with van der Waals surface area (Å²) in [4.78, 5) is 0. The Bertz CT molecular complexity index is 141. The Morgan fingerprint density at radius 1 is 1.62 bits per heavy atom. The highest BCUT2D eigenvalue weighted by Gasteiger charge is 2.20. The molecule has 0 saturated carbocycles. The molecule has 0 aliphatic carbocycles. The van der Waals surface area contributed by atoms with E-state index in [0.717, 1.165) is 24.6 Å². The van der Waals surface area contributed by atoms with Crippen LogP contribution >= 0.6 is 11.8 Å². The van der Waals surface area contributed by atoms with E-state index >= 15 is 0 Å². The molecular formula is C10H21NOS. The summed E-state index contributed by atoms with van der Waals surface area (Å²) in [5, 5.41) is 13.4. The number of aliphatic hydroxyl groups excluding tert-OH is 1. The van der Waals surface area contributed by atoms with E-state index < -0.39 is 0 Å². The van der Waals surface area contributed by atoms with Crippen LogP contribution in [-0.2, 0) is 0 Å². The molecule has 0 amide bonds. The maximum absolute atomic E-state index is 9.05. The van der Waals surface area contributed by atoms with Crippen LogP contribution in [0.25, 0.3) is 0 Å². The van der Waals surface area contributed by atoms with Gasteiger partial charge in [-0.2, -0.15) is 11.8 Å². The van der Waals surface area contributed by atoms with Crippen LogP contribution in [0.4, 0.5) is 0 Å². The minimum absolute atomic E-state index is 0.140. The number of nitrogens with one attached hydrogen (secondary N) is 1. The van der Waals surface area contributed by atoms with Crippen LogP contribution in [0.3, 0.4) is 0 Å². The van der Waals surface area contributed by atoms with Gasteiger partial charge in [-0.3, -0.25) is 0 Å². The lowest BCUT2D eigenvalue weighted by Gasteiger charge is -2.11. The van der Waals surface area contributed by atoms with Crippen molar-refractivity contribution < 1.29 is 5.11 Å². The van der Waals surface area contributed by atoms with Gasteiger partial charge in [-0.15, -0.1) is 0 Å². The normalized spacial score (nSPS) is 30.7. The van der Waals surface area contributed by atoms with Crippen molar-refractivity contribution in [2.75, 3.05) is 12.3 Å². The molecule has 78 valence electrons. The zero-order valence-corrected chi connectivity index (χ0v) is 9.44. The van der Waals surface area contributed by atoms with Crippen LogP contribution in [0.2, 0.25) is 0 Å². The van der Waals surface area contributed by atoms with Crippen molar-refractivity contribution in [2.45, 2.75) is 50.5 Å². The Labute approximate surface area is 85.5 Å². The van der Waals surface area contributed by atoms with Crippen molar-refractivity contribution in [2.24, 2.45) is 0 Å². The molecule has 3 heteroatoms. The SMILES string of the molecule is CC(O)CCCNC1CSC(C)C1. The maximum Gasteiger partial charge on any atom is 0.0512 e. The number of rotatable bonds is 5. The van der Waals surface area contributed by atoms with Crippen LogP contribution in [-0.4, -0.2) is 34.8 Å². The first-order valence-corrected chi connectivity index (χ1v) is 6.26. The van der Waals surface area contributed by atoms with Gasteiger partial charge in [0.1, 0.15) is 0 Å². The summed E-state index contributed by atoms with van der Waals surface area (Å²) in [6.07, 6.45) is 3.17. The molecule has 0 radical (unpaired) electrons. The fraction of sp³-hybridized carbons (Fsp3) is 1.00. The second-order valence-corrected chi connectivity index (χ2v) is 5.49. The summed E-state index contributed by atoms with van der Waals surface area (Å²) in [7, 11) is 0. The average Bonchev–Trinajstić information content (AvgIpc) is 2.45. The summed E-state index contributed by atoms with van der Waals surface area (Å²) in [6.45, 7) is 5.21. The van der Waals surface area contributed by atoms with Crippen molar-refractivity contribution in [1.82, 2.24) is 5.32 Å². The van der Waals surface area contributed by atoms with Crippen LogP contribution in [0.15, 0.2) is 0 Å². The second kappa shape index (κ2) is 5.89. The Hall–Kier alpha value is 0.270. The standard InChI is InChI=1S/C10H21NOS/c1-8(12)4-3-5-11-10-6-9(2)13-7-10/h8-12H,3-7H2,1-2H3. The van der Waals surface area contributed by atoms with E-state index in [1.165, 1.54) is 12.2 Å². The zero-order chi connectivity index (χ0) is 9.68. The first-order chi connectivity index (χ1) is 6.18. The van der Waals surface area contributed by atoms with Gasteiger partial charge in [-0.05, 0) is 32.7 Å². The molecule has 2 nitrogen and oxygen atoms in total. The predicted molar refractivity (Wildman–Crippen MR) is 59.2 cm³/mol. The van der Waals surface area contributed by atoms with Gasteiger partial charge in [0.2, 0.25) is 0 Å². The molecule has 0 aromatic heterocycles. The number of thioether (sulfide) groups is 1. The van der Waals surface area contributed by atoms with E-state index in [2.05, 4.69) is 24.0 Å². The minimum Gasteiger partial charge on any atom is -0.393 e. The summed E-state index contributed by atoms with van der Waals surface area (Å²) in [5.41, 5.74) is 0. The highest BCUT2D eigenvalue weighted by atomic mass is 32.2. The Balaban J connectivity index is 1.94. The van der Waals surface area contributed by atoms with E-state index in [0.29, 0.717) is 6.04 Å². The first-order valence-electron chi connectivity index (χ1n) is 5.21. The number of hydrogen-bond donors (Lipinski definition) is 2. The van der Waals surface area contributed by atoms with Gasteiger partial charge in [0.05, 0.1) is 6.10 Å². The highest BCUT2D eigenvalue weighted by molar-refractivity contribution is 8.00. The van der Waals surface area contributed by atoms with E-state index in [1.54, 1.807) is 0 Å². The van der Waals surface area contributed by atoms with E-state index in [9.17, 15) is 0 Å². The molecule has 3 atom stereocenters. The molecule has 1 heterocycles. The van der Waals surface area contributed by atoms with Crippen molar-refractivity contribution in [3.63, 3.8) is 0 Å². The Kier molecular flexibility index (Phi) is 5.14. The van der Waals surface area contributed by atoms with Gasteiger partial charge in [0, 0.05) is 17.0 Å². The Morgan fingerprint density at radius 2 is 2.38 bits per heavy atom. The average molecular weight is 203 g/mol. The van der Waals surface area contributed by atoms with Crippen molar-refractivity contribution in [1.29, 1.82) is 0 Å². The summed E-state index contributed by atoms with van der Waals surface area (Å²) >= 11 is 2.06.